The van der Waals surface area contributed by atoms with Crippen LogP contribution >= 0.6 is 11.3 Å². The second-order valence-electron chi connectivity index (χ2n) is 7.93. The van der Waals surface area contributed by atoms with Crippen LogP contribution in [0.15, 0.2) is 66.0 Å². The average Bonchev–Trinajstić information content (AvgIpc) is 3.34. The quantitative estimate of drug-likeness (QED) is 0.569. The van der Waals surface area contributed by atoms with E-state index >= 15 is 0 Å². The van der Waals surface area contributed by atoms with Crippen molar-refractivity contribution in [2.45, 2.75) is 19.0 Å². The normalized spacial score (nSPS) is 16.4. The van der Waals surface area contributed by atoms with Crippen LogP contribution in [0.25, 0.3) is 0 Å². The summed E-state index contributed by atoms with van der Waals surface area (Å²) in [7, 11) is 1.70. The molecule has 0 radical (unpaired) electrons. The predicted octanol–water partition coefficient (Wildman–Crippen LogP) is 4.58. The van der Waals surface area contributed by atoms with Crippen molar-refractivity contribution in [1.29, 1.82) is 0 Å². The Balaban J connectivity index is 1.47. The number of benzene rings is 2. The smallest absolute Gasteiger partial charge is 0.251 e. The van der Waals surface area contributed by atoms with Crippen molar-refractivity contribution in [3.8, 4) is 5.75 Å². The Bertz CT molecular complexity index is 1040. The molecular formula is C25H28FN3O2S. The molecule has 2 heterocycles. The molecule has 1 aliphatic heterocycles. The molecule has 4 rings (SSSR count). The molecule has 1 fully saturated rings. The first kappa shape index (κ1) is 22.3. The Morgan fingerprint density at radius 3 is 2.53 bits per heavy atom. The summed E-state index contributed by atoms with van der Waals surface area (Å²) in [5, 5.41) is 5.16. The van der Waals surface area contributed by atoms with Crippen LogP contribution in [0, 0.1) is 5.82 Å². The minimum absolute atomic E-state index is 0.0485. The van der Waals surface area contributed by atoms with Gasteiger partial charge in [0.2, 0.25) is 0 Å². The number of carbonyl (C=O) groups is 1. The van der Waals surface area contributed by atoms with Crippen LogP contribution < -0.4 is 15.0 Å². The zero-order valence-electron chi connectivity index (χ0n) is 18.3. The van der Waals surface area contributed by atoms with Gasteiger partial charge in [0.25, 0.3) is 5.91 Å². The maximum absolute atomic E-state index is 13.6. The number of ether oxygens (including phenoxy) is 1. The molecule has 1 N–H and O–H groups in total. The number of thiophene rings is 1. The number of para-hydroxylation sites is 2. The van der Waals surface area contributed by atoms with Gasteiger partial charge in [-0.25, -0.2) is 4.39 Å². The number of rotatable bonds is 7. The van der Waals surface area contributed by atoms with Crippen molar-refractivity contribution in [1.82, 2.24) is 10.2 Å². The van der Waals surface area contributed by atoms with Gasteiger partial charge in [-0.3, -0.25) is 9.69 Å². The van der Waals surface area contributed by atoms with Gasteiger partial charge in [-0.05, 0) is 48.7 Å². The first-order valence-electron chi connectivity index (χ1n) is 10.8. The lowest BCUT2D eigenvalue weighted by atomic mass is 10.0. The molecule has 2 atom stereocenters. The molecule has 7 heteroatoms. The Morgan fingerprint density at radius 2 is 1.84 bits per heavy atom. The number of piperazine rings is 1. The highest BCUT2D eigenvalue weighted by Crippen LogP contribution is 2.32. The van der Waals surface area contributed by atoms with Gasteiger partial charge in [0.05, 0.1) is 18.8 Å². The molecule has 0 bridgehead atoms. The lowest BCUT2D eigenvalue weighted by Crippen LogP contribution is -2.52. The van der Waals surface area contributed by atoms with Gasteiger partial charge in [-0.2, -0.15) is 0 Å². The Hall–Kier alpha value is -2.90. The summed E-state index contributed by atoms with van der Waals surface area (Å²) in [5.41, 5.74) is 1.44. The number of methoxy groups -OCH3 is 1. The van der Waals surface area contributed by atoms with Crippen molar-refractivity contribution in [2.24, 2.45) is 0 Å². The lowest BCUT2D eigenvalue weighted by Gasteiger charge is -2.42. The van der Waals surface area contributed by atoms with Gasteiger partial charge in [0.1, 0.15) is 11.6 Å². The molecule has 3 aromatic rings. The summed E-state index contributed by atoms with van der Waals surface area (Å²) in [6, 6.07) is 18.0. The summed E-state index contributed by atoms with van der Waals surface area (Å²) in [6.45, 7) is 5.48. The lowest BCUT2D eigenvalue weighted by molar-refractivity contribution is 0.0890. The van der Waals surface area contributed by atoms with Gasteiger partial charge in [-0.15, -0.1) is 11.3 Å². The maximum Gasteiger partial charge on any atom is 0.251 e. The van der Waals surface area contributed by atoms with Gasteiger partial charge < -0.3 is 15.0 Å². The van der Waals surface area contributed by atoms with Crippen molar-refractivity contribution >= 4 is 22.9 Å². The molecule has 0 saturated carbocycles. The highest BCUT2D eigenvalue weighted by molar-refractivity contribution is 7.10. The molecule has 1 amide bonds. The van der Waals surface area contributed by atoms with Gasteiger partial charge in [0.15, 0.2) is 0 Å². The Kier molecular flexibility index (Phi) is 7.07. The second-order valence-corrected chi connectivity index (χ2v) is 8.91. The SMILES string of the molecule is COc1ccccc1N1CCN([C@@H](c2cccs2)[C@@H](C)NC(=O)c2cccc(F)c2)CC1. The molecule has 5 nitrogen and oxygen atoms in total. The Morgan fingerprint density at radius 1 is 1.06 bits per heavy atom. The number of nitrogens with one attached hydrogen (secondary N) is 1. The summed E-state index contributed by atoms with van der Waals surface area (Å²) < 4.78 is 19.1. The summed E-state index contributed by atoms with van der Waals surface area (Å²) in [6.07, 6.45) is 0. The van der Waals surface area contributed by atoms with Gasteiger partial charge in [0, 0.05) is 42.7 Å². The van der Waals surface area contributed by atoms with E-state index in [4.69, 9.17) is 4.74 Å². The monoisotopic (exact) mass is 453 g/mol. The fourth-order valence-electron chi connectivity index (χ4n) is 4.33. The van der Waals surface area contributed by atoms with E-state index in [9.17, 15) is 9.18 Å². The average molecular weight is 454 g/mol. The van der Waals surface area contributed by atoms with E-state index in [1.165, 1.54) is 17.0 Å². The zero-order chi connectivity index (χ0) is 22.5. The molecular weight excluding hydrogens is 425 g/mol. The minimum atomic E-state index is -0.410. The van der Waals surface area contributed by atoms with E-state index in [2.05, 4.69) is 32.6 Å². The second kappa shape index (κ2) is 10.1. The van der Waals surface area contributed by atoms with E-state index in [0.29, 0.717) is 5.56 Å². The van der Waals surface area contributed by atoms with E-state index in [-0.39, 0.29) is 18.0 Å². The van der Waals surface area contributed by atoms with Crippen LogP contribution in [0.4, 0.5) is 10.1 Å². The molecule has 0 unspecified atom stereocenters. The molecule has 0 spiro atoms. The number of amides is 1. The van der Waals surface area contributed by atoms with Crippen LogP contribution in [0.3, 0.4) is 0 Å². The van der Waals surface area contributed by atoms with Crippen molar-refractivity contribution < 1.29 is 13.9 Å². The summed E-state index contributed by atoms with van der Waals surface area (Å²) in [4.78, 5) is 18.7. The van der Waals surface area contributed by atoms with Crippen LogP contribution in [0.2, 0.25) is 0 Å². The standard InChI is InChI=1S/C25H28FN3O2S/c1-18(27-25(30)19-7-5-8-20(26)17-19)24(23-11-6-16-32-23)29-14-12-28(13-15-29)21-9-3-4-10-22(21)31-2/h3-11,16-18,24H,12-15H2,1-2H3,(H,27,30)/t18-,24-/m1/s1. The van der Waals surface area contributed by atoms with Crippen molar-refractivity contribution in [3.63, 3.8) is 0 Å². The van der Waals surface area contributed by atoms with Crippen molar-refractivity contribution in [3.05, 3.63) is 82.3 Å². The first-order valence-corrected chi connectivity index (χ1v) is 11.7. The minimum Gasteiger partial charge on any atom is -0.495 e. The highest BCUT2D eigenvalue weighted by atomic mass is 32.1. The predicted molar refractivity (Wildman–Crippen MR) is 127 cm³/mol. The highest BCUT2D eigenvalue weighted by Gasteiger charge is 2.31. The fraction of sp³-hybridized carbons (Fsp3) is 0.320. The number of anilines is 1. The zero-order valence-corrected chi connectivity index (χ0v) is 19.1. The molecule has 1 saturated heterocycles. The van der Waals surface area contributed by atoms with E-state index in [1.807, 2.05) is 31.2 Å². The summed E-state index contributed by atoms with van der Waals surface area (Å²) in [5.74, 6) is 0.213. The maximum atomic E-state index is 13.6. The van der Waals surface area contributed by atoms with E-state index in [1.54, 1.807) is 30.6 Å². The number of hydrogen-bond donors (Lipinski definition) is 1. The van der Waals surface area contributed by atoms with Crippen LogP contribution in [0.1, 0.15) is 28.2 Å². The number of hydrogen-bond acceptors (Lipinski definition) is 5. The number of halogens is 1. The molecule has 1 aromatic heterocycles. The number of nitrogens with zero attached hydrogens (tertiary/aromatic N) is 2. The third-order valence-electron chi connectivity index (χ3n) is 5.89. The summed E-state index contributed by atoms with van der Waals surface area (Å²) >= 11 is 1.70. The van der Waals surface area contributed by atoms with Crippen LogP contribution in [-0.4, -0.2) is 50.1 Å². The van der Waals surface area contributed by atoms with Crippen molar-refractivity contribution in [2.75, 3.05) is 38.2 Å². The first-order chi connectivity index (χ1) is 15.6. The van der Waals surface area contributed by atoms with Gasteiger partial charge in [-0.1, -0.05) is 24.3 Å². The van der Waals surface area contributed by atoms with Crippen LogP contribution in [0.5, 0.6) is 5.75 Å². The van der Waals surface area contributed by atoms with Gasteiger partial charge >= 0.3 is 0 Å². The fourth-order valence-corrected chi connectivity index (χ4v) is 5.30. The third-order valence-corrected chi connectivity index (χ3v) is 6.83. The largest absolute Gasteiger partial charge is 0.495 e. The third kappa shape index (κ3) is 4.95. The molecule has 168 valence electrons. The molecule has 0 aliphatic carbocycles. The molecule has 2 aromatic carbocycles. The topological polar surface area (TPSA) is 44.8 Å². The number of carbonyl (C=O) groups excluding carboxylic acids is 1. The molecule has 1 aliphatic rings. The van der Waals surface area contributed by atoms with E-state index < -0.39 is 5.82 Å². The Labute approximate surface area is 192 Å². The molecule has 32 heavy (non-hydrogen) atoms. The van der Waals surface area contributed by atoms with E-state index in [0.717, 1.165) is 37.6 Å². The van der Waals surface area contributed by atoms with Crippen LogP contribution in [-0.2, 0) is 0 Å².